The van der Waals surface area contributed by atoms with Crippen LogP contribution >= 0.6 is 0 Å². The summed E-state index contributed by atoms with van der Waals surface area (Å²) in [6, 6.07) is 25.3. The molecule has 0 saturated heterocycles. The lowest BCUT2D eigenvalue weighted by atomic mass is 10.2. The normalized spacial score (nSPS) is 11.0. The highest BCUT2D eigenvalue weighted by molar-refractivity contribution is 8.03. The Labute approximate surface area is 142 Å². The van der Waals surface area contributed by atoms with E-state index >= 15 is 0 Å². The molecule has 0 spiro atoms. The molecule has 0 unspecified atom stereocenters. The molecular weight excluding hydrogens is 320 g/mol. The number of benzene rings is 3. The summed E-state index contributed by atoms with van der Waals surface area (Å²) in [6.07, 6.45) is 0. The molecular formula is C20H17O3S+. The molecule has 0 heterocycles. The van der Waals surface area contributed by atoms with E-state index in [0.29, 0.717) is 20.2 Å². The second-order valence-corrected chi connectivity index (χ2v) is 7.67. The fourth-order valence-corrected chi connectivity index (χ4v) is 5.20. The van der Waals surface area contributed by atoms with Crippen molar-refractivity contribution in [1.29, 1.82) is 0 Å². The Morgan fingerprint density at radius 2 is 1.21 bits per heavy atom. The topological polar surface area (TPSA) is 43.4 Å². The smallest absolute Gasteiger partial charge is 0.342 e. The lowest BCUT2D eigenvalue weighted by molar-refractivity contribution is 0.0596. The van der Waals surface area contributed by atoms with Crippen molar-refractivity contribution in [2.24, 2.45) is 0 Å². The van der Waals surface area contributed by atoms with Crippen LogP contribution in [0.3, 0.4) is 0 Å². The molecule has 0 amide bonds. The van der Waals surface area contributed by atoms with Crippen molar-refractivity contribution in [1.82, 2.24) is 0 Å². The molecule has 0 aliphatic heterocycles. The van der Waals surface area contributed by atoms with Crippen molar-refractivity contribution in [3.8, 4) is 0 Å². The first-order valence-electron chi connectivity index (χ1n) is 7.49. The number of rotatable bonds is 4. The van der Waals surface area contributed by atoms with Gasteiger partial charge in [0.1, 0.15) is 5.56 Å². The van der Waals surface area contributed by atoms with Crippen molar-refractivity contribution in [2.45, 2.75) is 14.7 Å². The van der Waals surface area contributed by atoms with Gasteiger partial charge in [0.25, 0.3) is 0 Å². The highest BCUT2D eigenvalue weighted by Gasteiger charge is 2.40. The van der Waals surface area contributed by atoms with Crippen LogP contribution < -0.4 is 0 Å². The standard InChI is InChI=1S/C20H17O3S/c1-23-20(21)18-14-8-9-15-19(18)24(22,16-10-4-2-5-11-16)17-12-6-3-7-13-17/h2-15H,1H3/q+1. The maximum atomic E-state index is 14.2. The zero-order chi connectivity index (χ0) is 17.0. The molecule has 4 heteroatoms. The number of carbonyl (C=O) groups is 1. The lowest BCUT2D eigenvalue weighted by Crippen LogP contribution is -2.17. The van der Waals surface area contributed by atoms with Gasteiger partial charge in [0.15, 0.2) is 24.6 Å². The molecule has 0 aromatic heterocycles. The lowest BCUT2D eigenvalue weighted by Gasteiger charge is -2.14. The maximum absolute atomic E-state index is 14.2. The summed E-state index contributed by atoms with van der Waals surface area (Å²) in [5.74, 6) is -0.495. The van der Waals surface area contributed by atoms with Crippen LogP contribution in [0.15, 0.2) is 99.6 Å². The number of hydrogen-bond donors (Lipinski definition) is 0. The minimum Gasteiger partial charge on any atom is -0.465 e. The van der Waals surface area contributed by atoms with Crippen LogP contribution in [0.4, 0.5) is 0 Å². The van der Waals surface area contributed by atoms with Gasteiger partial charge >= 0.3 is 5.97 Å². The van der Waals surface area contributed by atoms with Crippen LogP contribution in [0.2, 0.25) is 0 Å². The summed E-state index contributed by atoms with van der Waals surface area (Å²) in [6.45, 7) is 0. The highest BCUT2D eigenvalue weighted by atomic mass is 32.2. The van der Waals surface area contributed by atoms with Crippen LogP contribution in [0, 0.1) is 0 Å². The molecule has 3 aromatic rings. The highest BCUT2D eigenvalue weighted by Crippen LogP contribution is 2.38. The molecule has 0 radical (unpaired) electrons. The van der Waals surface area contributed by atoms with E-state index in [1.165, 1.54) is 7.11 Å². The van der Waals surface area contributed by atoms with E-state index in [4.69, 9.17) is 4.74 Å². The van der Waals surface area contributed by atoms with Gasteiger partial charge in [-0.05, 0) is 36.4 Å². The molecule has 3 rings (SSSR count). The number of esters is 1. The SMILES string of the molecule is COC(=O)c1ccccc1[S+](=O)(c1ccccc1)c1ccccc1. The number of methoxy groups -OCH3 is 1. The molecule has 0 fully saturated rings. The zero-order valence-electron chi connectivity index (χ0n) is 13.2. The predicted molar refractivity (Wildman–Crippen MR) is 93.5 cm³/mol. The summed E-state index contributed by atoms with van der Waals surface area (Å²) < 4.78 is 19.1. The second kappa shape index (κ2) is 6.81. The number of carbonyl (C=O) groups excluding carboxylic acids is 1. The van der Waals surface area contributed by atoms with Gasteiger partial charge in [0, 0.05) is 0 Å². The van der Waals surface area contributed by atoms with E-state index in [0.717, 1.165) is 0 Å². The van der Waals surface area contributed by atoms with E-state index in [2.05, 4.69) is 0 Å². The van der Waals surface area contributed by atoms with Gasteiger partial charge < -0.3 is 4.74 Å². The van der Waals surface area contributed by atoms with Gasteiger partial charge in [0.2, 0.25) is 0 Å². The third-order valence-corrected chi connectivity index (χ3v) is 6.60. The Morgan fingerprint density at radius 1 is 0.750 bits per heavy atom. The van der Waals surface area contributed by atoms with Crippen molar-refractivity contribution in [2.75, 3.05) is 7.11 Å². The molecule has 0 bridgehead atoms. The second-order valence-electron chi connectivity index (χ2n) is 5.17. The summed E-state index contributed by atoms with van der Waals surface area (Å²) in [7, 11) is -1.49. The van der Waals surface area contributed by atoms with Crippen LogP contribution in [0.5, 0.6) is 0 Å². The number of hydrogen-bond acceptors (Lipinski definition) is 3. The van der Waals surface area contributed by atoms with Crippen molar-refractivity contribution >= 4 is 15.9 Å². The monoisotopic (exact) mass is 337 g/mol. The molecule has 3 aromatic carbocycles. The number of ether oxygens (including phenoxy) is 1. The quantitative estimate of drug-likeness (QED) is 0.522. The fourth-order valence-electron chi connectivity index (χ4n) is 2.61. The third-order valence-electron chi connectivity index (χ3n) is 3.75. The first-order valence-corrected chi connectivity index (χ1v) is 9.05. The third kappa shape index (κ3) is 2.76. The maximum Gasteiger partial charge on any atom is 0.342 e. The Bertz CT molecular complexity index is 846. The van der Waals surface area contributed by atoms with Crippen LogP contribution in [-0.4, -0.2) is 13.1 Å². The minimum atomic E-state index is -2.81. The summed E-state index contributed by atoms with van der Waals surface area (Å²) >= 11 is 0. The van der Waals surface area contributed by atoms with E-state index in [1.54, 1.807) is 24.3 Å². The average molecular weight is 337 g/mol. The molecule has 3 nitrogen and oxygen atoms in total. The van der Waals surface area contributed by atoms with Gasteiger partial charge in [-0.1, -0.05) is 52.7 Å². The summed E-state index contributed by atoms with van der Waals surface area (Å²) in [5, 5.41) is 0. The van der Waals surface area contributed by atoms with E-state index < -0.39 is 15.9 Å². The molecule has 0 aliphatic rings. The van der Waals surface area contributed by atoms with Crippen molar-refractivity contribution in [3.63, 3.8) is 0 Å². The molecule has 120 valence electrons. The zero-order valence-corrected chi connectivity index (χ0v) is 14.0. The first-order chi connectivity index (χ1) is 11.7. The Hall–Kier alpha value is -2.72. The van der Waals surface area contributed by atoms with E-state index in [9.17, 15) is 9.00 Å². The summed E-state index contributed by atoms with van der Waals surface area (Å²) in [4.78, 5) is 14.0. The van der Waals surface area contributed by atoms with Gasteiger partial charge in [-0.25, -0.2) is 4.79 Å². The Morgan fingerprint density at radius 3 is 1.71 bits per heavy atom. The fraction of sp³-hybridized carbons (Fsp3) is 0.0500. The van der Waals surface area contributed by atoms with E-state index in [1.807, 2.05) is 60.7 Å². The largest absolute Gasteiger partial charge is 0.465 e. The molecule has 0 saturated carbocycles. The van der Waals surface area contributed by atoms with Gasteiger partial charge in [-0.15, -0.1) is 0 Å². The van der Waals surface area contributed by atoms with Crippen LogP contribution in [-0.2, 0) is 18.9 Å². The van der Waals surface area contributed by atoms with Gasteiger partial charge in [-0.3, -0.25) is 0 Å². The summed E-state index contributed by atoms with van der Waals surface area (Å²) in [5.41, 5.74) is 0.317. The Kier molecular flexibility index (Phi) is 4.58. The van der Waals surface area contributed by atoms with Gasteiger partial charge in [-0.2, -0.15) is 0 Å². The van der Waals surface area contributed by atoms with Gasteiger partial charge in [0.05, 0.1) is 7.11 Å². The average Bonchev–Trinajstić information content (AvgIpc) is 2.68. The molecule has 24 heavy (non-hydrogen) atoms. The molecule has 0 N–H and O–H groups in total. The predicted octanol–water partition coefficient (Wildman–Crippen LogP) is 4.45. The minimum absolute atomic E-state index is 0.317. The first kappa shape index (κ1) is 16.1. The van der Waals surface area contributed by atoms with Crippen molar-refractivity contribution < 1.29 is 13.7 Å². The Balaban J connectivity index is 2.33. The van der Waals surface area contributed by atoms with Crippen LogP contribution in [0.1, 0.15) is 10.4 Å². The van der Waals surface area contributed by atoms with Crippen molar-refractivity contribution in [3.05, 3.63) is 90.5 Å². The molecule has 0 aliphatic carbocycles. The van der Waals surface area contributed by atoms with E-state index in [-0.39, 0.29) is 0 Å². The molecule has 0 atom stereocenters. The van der Waals surface area contributed by atoms with Crippen LogP contribution in [0.25, 0.3) is 0 Å².